The average Bonchev–Trinajstić information content (AvgIpc) is 3.17. The van der Waals surface area contributed by atoms with Gasteiger partial charge in [-0.1, -0.05) is 12.1 Å². The lowest BCUT2D eigenvalue weighted by Crippen LogP contribution is -2.16. The number of hydrogen-bond acceptors (Lipinski definition) is 5. The molecule has 2 aromatic carbocycles. The molecule has 1 aliphatic rings. The second kappa shape index (κ2) is 8.80. The maximum absolute atomic E-state index is 12.4. The number of pyridine rings is 1. The highest BCUT2D eigenvalue weighted by Crippen LogP contribution is 2.33. The lowest BCUT2D eigenvalue weighted by molar-refractivity contribution is -0.113. The van der Waals surface area contributed by atoms with Gasteiger partial charge in [-0.2, -0.15) is 0 Å². The minimum absolute atomic E-state index is 0.0930. The molecular formula is C23H18N4O2S. The number of carbonyl (C=O) groups is 1. The first kappa shape index (κ1) is 19.7. The Bertz CT molecular complexity index is 1170. The van der Waals surface area contributed by atoms with Crippen molar-refractivity contribution in [2.45, 2.75) is 13.3 Å². The van der Waals surface area contributed by atoms with Crippen LogP contribution in [0.5, 0.6) is 11.5 Å². The predicted octanol–water partition coefficient (Wildman–Crippen LogP) is 5.69. The van der Waals surface area contributed by atoms with Gasteiger partial charge in [0.2, 0.25) is 5.91 Å². The quantitative estimate of drug-likeness (QED) is 0.545. The van der Waals surface area contributed by atoms with E-state index in [1.807, 2.05) is 43.3 Å². The van der Waals surface area contributed by atoms with Gasteiger partial charge in [-0.3, -0.25) is 9.78 Å². The van der Waals surface area contributed by atoms with Crippen LogP contribution in [-0.4, -0.2) is 21.7 Å². The Balaban J connectivity index is 1.33. The molecular weight excluding hydrogens is 396 g/mol. The largest absolute Gasteiger partial charge is 0.456 e. The molecule has 2 heterocycles. The molecule has 4 rings (SSSR count). The van der Waals surface area contributed by atoms with Crippen LogP contribution in [0.25, 0.3) is 4.85 Å². The first-order valence-corrected chi connectivity index (χ1v) is 10.3. The number of fused-ring (bicyclic) bond motifs is 1. The van der Waals surface area contributed by atoms with E-state index in [-0.39, 0.29) is 11.7 Å². The Morgan fingerprint density at radius 3 is 2.90 bits per heavy atom. The minimum atomic E-state index is -0.0930. The summed E-state index contributed by atoms with van der Waals surface area (Å²) < 4.78 is 5.77. The number of anilines is 1. The third-order valence-electron chi connectivity index (χ3n) is 4.50. The average molecular weight is 414 g/mol. The first-order chi connectivity index (χ1) is 14.6. The maximum Gasteiger partial charge on any atom is 0.234 e. The van der Waals surface area contributed by atoms with Crippen molar-refractivity contribution < 1.29 is 9.53 Å². The lowest BCUT2D eigenvalue weighted by Gasteiger charge is -2.11. The molecule has 1 N–H and O–H groups in total. The van der Waals surface area contributed by atoms with Crippen molar-refractivity contribution in [2.75, 3.05) is 11.1 Å². The molecule has 0 radical (unpaired) electrons. The highest BCUT2D eigenvalue weighted by atomic mass is 32.2. The van der Waals surface area contributed by atoms with Gasteiger partial charge in [-0.25, -0.2) is 9.84 Å². The van der Waals surface area contributed by atoms with E-state index in [1.54, 1.807) is 24.5 Å². The van der Waals surface area contributed by atoms with Crippen LogP contribution in [0.3, 0.4) is 0 Å². The topological polar surface area (TPSA) is 67.9 Å². The van der Waals surface area contributed by atoms with E-state index in [9.17, 15) is 4.79 Å². The number of carbonyl (C=O) groups excluding carboxylic acids is 1. The SMILES string of the molecule is [C-]#[N+]c1ccc2c(c1)N=C(SCC(=O)Nc1ccc(Oc3cccnc3)cc1C)C2. The Kier molecular flexibility index (Phi) is 5.77. The number of aryl methyl sites for hydroxylation is 1. The number of nitrogens with zero attached hydrogens (tertiary/aromatic N) is 3. The van der Waals surface area contributed by atoms with Crippen LogP contribution in [0.15, 0.2) is 65.9 Å². The van der Waals surface area contributed by atoms with Crippen molar-refractivity contribution in [2.24, 2.45) is 4.99 Å². The fourth-order valence-electron chi connectivity index (χ4n) is 3.01. The minimum Gasteiger partial charge on any atom is -0.456 e. The number of amides is 1. The summed E-state index contributed by atoms with van der Waals surface area (Å²) in [5.74, 6) is 1.52. The van der Waals surface area contributed by atoms with Crippen LogP contribution < -0.4 is 10.1 Å². The summed E-state index contributed by atoms with van der Waals surface area (Å²) in [5, 5.41) is 3.83. The number of benzene rings is 2. The zero-order valence-corrected chi connectivity index (χ0v) is 17.1. The molecule has 0 fully saturated rings. The normalized spacial score (nSPS) is 11.9. The van der Waals surface area contributed by atoms with E-state index in [2.05, 4.69) is 20.1 Å². The third-order valence-corrected chi connectivity index (χ3v) is 5.47. The molecule has 148 valence electrons. The van der Waals surface area contributed by atoms with E-state index in [1.165, 1.54) is 11.8 Å². The smallest absolute Gasteiger partial charge is 0.234 e. The van der Waals surface area contributed by atoms with E-state index >= 15 is 0 Å². The summed E-state index contributed by atoms with van der Waals surface area (Å²) in [5.41, 5.74) is 4.15. The fraction of sp³-hybridized carbons (Fsp3) is 0.130. The molecule has 0 unspecified atom stereocenters. The number of hydrogen-bond donors (Lipinski definition) is 1. The Morgan fingerprint density at radius 1 is 1.23 bits per heavy atom. The highest BCUT2D eigenvalue weighted by Gasteiger charge is 2.17. The summed E-state index contributed by atoms with van der Waals surface area (Å²) in [6, 6.07) is 14.7. The first-order valence-electron chi connectivity index (χ1n) is 9.30. The van der Waals surface area contributed by atoms with Crippen molar-refractivity contribution in [1.82, 2.24) is 4.98 Å². The molecule has 30 heavy (non-hydrogen) atoms. The van der Waals surface area contributed by atoms with E-state index in [4.69, 9.17) is 11.3 Å². The molecule has 3 aromatic rings. The van der Waals surface area contributed by atoms with E-state index in [0.717, 1.165) is 27.5 Å². The maximum atomic E-state index is 12.4. The predicted molar refractivity (Wildman–Crippen MR) is 120 cm³/mol. The molecule has 1 aliphatic heterocycles. The fourth-order valence-corrected chi connectivity index (χ4v) is 3.80. The van der Waals surface area contributed by atoms with Gasteiger partial charge in [0.05, 0.1) is 29.3 Å². The van der Waals surface area contributed by atoms with E-state index in [0.29, 0.717) is 23.6 Å². The number of rotatable bonds is 5. The Labute approximate surface area is 178 Å². The summed E-state index contributed by atoms with van der Waals surface area (Å²) >= 11 is 1.42. The zero-order chi connectivity index (χ0) is 20.9. The van der Waals surface area contributed by atoms with Crippen LogP contribution in [0.1, 0.15) is 11.1 Å². The van der Waals surface area contributed by atoms with Crippen molar-refractivity contribution in [3.63, 3.8) is 0 Å². The van der Waals surface area contributed by atoms with Crippen LogP contribution in [0.4, 0.5) is 17.1 Å². The monoisotopic (exact) mass is 414 g/mol. The van der Waals surface area contributed by atoms with Crippen molar-refractivity contribution in [3.8, 4) is 11.5 Å². The summed E-state index contributed by atoms with van der Waals surface area (Å²) in [6.07, 6.45) is 4.04. The molecule has 0 aliphatic carbocycles. The molecule has 7 heteroatoms. The summed E-state index contributed by atoms with van der Waals surface area (Å²) in [6.45, 7) is 9.02. The molecule has 0 bridgehead atoms. The van der Waals surface area contributed by atoms with Crippen LogP contribution >= 0.6 is 11.8 Å². The highest BCUT2D eigenvalue weighted by molar-refractivity contribution is 8.14. The summed E-state index contributed by atoms with van der Waals surface area (Å²) in [4.78, 5) is 24.4. The van der Waals surface area contributed by atoms with Gasteiger partial charge in [0, 0.05) is 18.3 Å². The van der Waals surface area contributed by atoms with Crippen molar-refractivity contribution >= 4 is 39.8 Å². The second-order valence-electron chi connectivity index (χ2n) is 6.71. The second-order valence-corrected chi connectivity index (χ2v) is 7.76. The van der Waals surface area contributed by atoms with Gasteiger partial charge in [0.25, 0.3) is 0 Å². The van der Waals surface area contributed by atoms with Gasteiger partial charge in [0.15, 0.2) is 5.69 Å². The zero-order valence-electron chi connectivity index (χ0n) is 16.3. The third kappa shape index (κ3) is 4.67. The van der Waals surface area contributed by atoms with Crippen LogP contribution in [0.2, 0.25) is 0 Å². The molecule has 0 spiro atoms. The molecule has 0 saturated carbocycles. The van der Waals surface area contributed by atoms with Gasteiger partial charge < -0.3 is 10.1 Å². The van der Waals surface area contributed by atoms with Gasteiger partial charge >= 0.3 is 0 Å². The van der Waals surface area contributed by atoms with Gasteiger partial charge in [-0.15, -0.1) is 11.8 Å². The standard InChI is InChI=1S/C23H18N4O2S/c1-15-10-18(29-19-4-3-9-25-13-19)7-8-20(15)26-22(28)14-30-23-11-16-5-6-17(24-2)12-21(16)27-23/h3-10,12-13H,11,14H2,1H3,(H,26,28). The number of ether oxygens (including phenoxy) is 1. The number of thioether (sulfide) groups is 1. The van der Waals surface area contributed by atoms with Gasteiger partial charge in [-0.05, 0) is 54.4 Å². The number of aliphatic imine (C=N–C) groups is 1. The lowest BCUT2D eigenvalue weighted by atomic mass is 10.1. The number of nitrogens with one attached hydrogen (secondary N) is 1. The molecule has 1 aromatic heterocycles. The van der Waals surface area contributed by atoms with Crippen LogP contribution in [0, 0.1) is 13.5 Å². The summed E-state index contributed by atoms with van der Waals surface area (Å²) in [7, 11) is 0. The molecule has 6 nitrogen and oxygen atoms in total. The molecule has 0 saturated heterocycles. The van der Waals surface area contributed by atoms with Crippen LogP contribution in [-0.2, 0) is 11.2 Å². The number of aromatic nitrogens is 1. The van der Waals surface area contributed by atoms with Gasteiger partial charge in [0.1, 0.15) is 11.5 Å². The molecule has 0 atom stereocenters. The van der Waals surface area contributed by atoms with E-state index < -0.39 is 0 Å². The van der Waals surface area contributed by atoms with Crippen molar-refractivity contribution in [1.29, 1.82) is 0 Å². The molecule has 1 amide bonds. The van der Waals surface area contributed by atoms with Crippen molar-refractivity contribution in [3.05, 3.63) is 83.5 Å². The Hall–Kier alpha value is -3.63. The Morgan fingerprint density at radius 2 is 2.13 bits per heavy atom.